The number of ketones is 2. The molecule has 2 saturated carbocycles. The Kier molecular flexibility index (Phi) is 5.72. The molecule has 2 bridgehead atoms. The van der Waals surface area contributed by atoms with Crippen molar-refractivity contribution in [3.63, 3.8) is 0 Å². The number of Topliss-reactive ketones (excluding diaryl/α,β-unsaturated/α-hetero) is 2. The van der Waals surface area contributed by atoms with E-state index in [1.54, 1.807) is 11.3 Å². The van der Waals surface area contributed by atoms with Crippen LogP contribution in [-0.4, -0.2) is 28.7 Å². The molecular formula is C23H27NO4S. The summed E-state index contributed by atoms with van der Waals surface area (Å²) in [7, 11) is 0. The van der Waals surface area contributed by atoms with Crippen LogP contribution in [0.25, 0.3) is 0 Å². The molecule has 6 heteroatoms. The molecule has 0 aliphatic heterocycles. The monoisotopic (exact) mass is 413 g/mol. The number of nitrogens with zero attached hydrogens (tertiary/aromatic N) is 1. The van der Waals surface area contributed by atoms with Crippen molar-refractivity contribution in [3.8, 4) is 0 Å². The molecule has 0 saturated heterocycles. The minimum absolute atomic E-state index is 0.00642. The van der Waals surface area contributed by atoms with Crippen LogP contribution in [0.1, 0.15) is 58.7 Å². The van der Waals surface area contributed by atoms with E-state index in [0.717, 1.165) is 37.2 Å². The largest absolute Gasteiger partial charge is 0.457 e. The number of esters is 1. The summed E-state index contributed by atoms with van der Waals surface area (Å²) in [5.74, 6) is -0.401. The number of hydrogen-bond acceptors (Lipinski definition) is 5. The first-order valence-electron chi connectivity index (χ1n) is 10.4. The fraction of sp³-hybridized carbons (Fsp3) is 0.522. The Morgan fingerprint density at radius 3 is 2.59 bits per heavy atom. The number of aromatic nitrogens is 1. The molecule has 0 N–H and O–H groups in total. The summed E-state index contributed by atoms with van der Waals surface area (Å²) >= 11 is 1.69. The fourth-order valence-corrected chi connectivity index (χ4v) is 5.58. The Morgan fingerprint density at radius 2 is 1.93 bits per heavy atom. The highest BCUT2D eigenvalue weighted by molar-refractivity contribution is 7.09. The lowest BCUT2D eigenvalue weighted by Gasteiger charge is -2.36. The number of carbonyl (C=O) groups is 3. The van der Waals surface area contributed by atoms with Gasteiger partial charge in [-0.3, -0.25) is 14.4 Å². The van der Waals surface area contributed by atoms with Crippen LogP contribution in [0.2, 0.25) is 0 Å². The van der Waals surface area contributed by atoms with Gasteiger partial charge in [-0.05, 0) is 57.0 Å². The molecule has 1 unspecified atom stereocenters. The molecule has 2 fully saturated rings. The first-order valence-corrected chi connectivity index (χ1v) is 11.2. The lowest BCUT2D eigenvalue weighted by Crippen LogP contribution is -2.39. The highest BCUT2D eigenvalue weighted by atomic mass is 32.1. The quantitative estimate of drug-likeness (QED) is 0.522. The Bertz CT molecular complexity index is 911. The van der Waals surface area contributed by atoms with E-state index in [0.29, 0.717) is 24.2 Å². The smallest absolute Gasteiger partial charge is 0.309 e. The van der Waals surface area contributed by atoms with Crippen LogP contribution in [0.5, 0.6) is 0 Å². The van der Waals surface area contributed by atoms with Crippen molar-refractivity contribution in [3.05, 3.63) is 45.4 Å². The standard InChI is InChI=1S/C23H27NO4S/c1-14-9-20(15(2)24(14)12-19-7-4-8-29-19)21(25)13-28-23(27)18-10-16-5-3-6-17(11-18)22(16)26/h4,7-9,16-18H,3,5-6,10-13H2,1-2H3/t16-,17+,18?. The van der Waals surface area contributed by atoms with Gasteiger partial charge in [-0.1, -0.05) is 12.5 Å². The molecule has 5 nitrogen and oxygen atoms in total. The Balaban J connectivity index is 1.37. The number of hydrogen-bond donors (Lipinski definition) is 0. The third-order valence-corrected chi connectivity index (χ3v) is 7.36. The topological polar surface area (TPSA) is 65.4 Å². The van der Waals surface area contributed by atoms with Crippen molar-refractivity contribution in [2.24, 2.45) is 17.8 Å². The van der Waals surface area contributed by atoms with Gasteiger partial charge in [-0.15, -0.1) is 11.3 Å². The van der Waals surface area contributed by atoms with Crippen LogP contribution in [0, 0.1) is 31.6 Å². The first kappa shape index (κ1) is 20.1. The van der Waals surface area contributed by atoms with Gasteiger partial charge in [-0.2, -0.15) is 0 Å². The zero-order valence-corrected chi connectivity index (χ0v) is 17.8. The van der Waals surface area contributed by atoms with E-state index in [1.807, 2.05) is 31.4 Å². The van der Waals surface area contributed by atoms with Gasteiger partial charge >= 0.3 is 5.97 Å². The summed E-state index contributed by atoms with van der Waals surface area (Å²) in [5.41, 5.74) is 2.53. The highest BCUT2D eigenvalue weighted by Crippen LogP contribution is 2.40. The molecule has 0 spiro atoms. The van der Waals surface area contributed by atoms with E-state index in [9.17, 15) is 14.4 Å². The van der Waals surface area contributed by atoms with Gasteiger partial charge in [0.15, 0.2) is 6.61 Å². The first-order chi connectivity index (χ1) is 13.9. The van der Waals surface area contributed by atoms with E-state index in [1.165, 1.54) is 4.88 Å². The molecular weight excluding hydrogens is 386 g/mol. The molecule has 0 radical (unpaired) electrons. The minimum Gasteiger partial charge on any atom is -0.457 e. The highest BCUT2D eigenvalue weighted by Gasteiger charge is 2.41. The van der Waals surface area contributed by atoms with Crippen LogP contribution in [0.15, 0.2) is 23.6 Å². The maximum atomic E-state index is 12.7. The van der Waals surface area contributed by atoms with Gasteiger partial charge in [0.1, 0.15) is 5.78 Å². The second-order valence-corrected chi connectivity index (χ2v) is 9.41. The Labute approximate surface area is 175 Å². The molecule has 3 atom stereocenters. The maximum Gasteiger partial charge on any atom is 0.309 e. The van der Waals surface area contributed by atoms with Crippen LogP contribution in [-0.2, 0) is 20.9 Å². The molecule has 2 aromatic heterocycles. The number of fused-ring (bicyclic) bond motifs is 2. The van der Waals surface area contributed by atoms with Crippen molar-refractivity contribution in [1.29, 1.82) is 0 Å². The normalized spacial score (nSPS) is 23.8. The van der Waals surface area contributed by atoms with Gasteiger partial charge in [0.25, 0.3) is 0 Å². The second kappa shape index (κ2) is 8.27. The summed E-state index contributed by atoms with van der Waals surface area (Å²) in [5, 5.41) is 2.04. The van der Waals surface area contributed by atoms with Gasteiger partial charge < -0.3 is 9.30 Å². The SMILES string of the molecule is Cc1cc(C(=O)COC(=O)C2C[C@H]3CCC[C@@H](C2)C3=O)c(C)n1Cc1cccs1. The number of rotatable bonds is 6. The number of thiophene rings is 1. The molecule has 0 aromatic carbocycles. The third-order valence-electron chi connectivity index (χ3n) is 6.49. The van der Waals surface area contributed by atoms with Gasteiger partial charge in [0.2, 0.25) is 5.78 Å². The maximum absolute atomic E-state index is 12.7. The molecule has 2 heterocycles. The van der Waals surface area contributed by atoms with E-state index < -0.39 is 0 Å². The predicted molar refractivity (Wildman–Crippen MR) is 111 cm³/mol. The van der Waals surface area contributed by atoms with E-state index >= 15 is 0 Å². The van der Waals surface area contributed by atoms with Gasteiger partial charge in [-0.25, -0.2) is 0 Å². The molecule has 2 aliphatic rings. The molecule has 4 rings (SSSR count). The summed E-state index contributed by atoms with van der Waals surface area (Å²) in [6.07, 6.45) is 4.00. The van der Waals surface area contributed by atoms with Crippen molar-refractivity contribution in [1.82, 2.24) is 4.57 Å². The number of carbonyl (C=O) groups excluding carboxylic acids is 3. The van der Waals surface area contributed by atoms with Crippen molar-refractivity contribution in [2.75, 3.05) is 6.61 Å². The van der Waals surface area contributed by atoms with Crippen LogP contribution in [0.4, 0.5) is 0 Å². The summed E-state index contributed by atoms with van der Waals surface area (Å²) in [6, 6.07) is 5.98. The van der Waals surface area contributed by atoms with E-state index in [2.05, 4.69) is 10.6 Å². The second-order valence-electron chi connectivity index (χ2n) is 8.38. The van der Waals surface area contributed by atoms with Gasteiger partial charge in [0, 0.05) is 33.7 Å². The van der Waals surface area contributed by atoms with Crippen molar-refractivity contribution >= 4 is 28.9 Å². The lowest BCUT2D eigenvalue weighted by atomic mass is 9.67. The molecule has 2 aromatic rings. The van der Waals surface area contributed by atoms with Crippen molar-refractivity contribution < 1.29 is 19.1 Å². The van der Waals surface area contributed by atoms with Crippen LogP contribution < -0.4 is 0 Å². The van der Waals surface area contributed by atoms with Crippen LogP contribution in [0.3, 0.4) is 0 Å². The average Bonchev–Trinajstić information content (AvgIpc) is 3.29. The fourth-order valence-electron chi connectivity index (χ4n) is 4.89. The lowest BCUT2D eigenvalue weighted by molar-refractivity contribution is -0.152. The summed E-state index contributed by atoms with van der Waals surface area (Å²) < 4.78 is 7.52. The molecule has 154 valence electrons. The van der Waals surface area contributed by atoms with Crippen LogP contribution >= 0.6 is 11.3 Å². The van der Waals surface area contributed by atoms with E-state index in [4.69, 9.17) is 4.74 Å². The molecule has 2 aliphatic carbocycles. The van der Waals surface area contributed by atoms with Crippen molar-refractivity contribution in [2.45, 2.75) is 52.5 Å². The van der Waals surface area contributed by atoms with Gasteiger partial charge in [0.05, 0.1) is 12.5 Å². The number of aryl methyl sites for hydroxylation is 1. The van der Waals surface area contributed by atoms with E-state index in [-0.39, 0.29) is 36.1 Å². The summed E-state index contributed by atoms with van der Waals surface area (Å²) in [4.78, 5) is 38.7. The summed E-state index contributed by atoms with van der Waals surface area (Å²) in [6.45, 7) is 4.42. The molecule has 0 amide bonds. The average molecular weight is 414 g/mol. The zero-order valence-electron chi connectivity index (χ0n) is 17.0. The zero-order chi connectivity index (χ0) is 20.5. The third kappa shape index (κ3) is 4.08. The Morgan fingerprint density at radius 1 is 1.21 bits per heavy atom. The predicted octanol–water partition coefficient (Wildman–Crippen LogP) is 4.34. The number of ether oxygens (including phenoxy) is 1. The minimum atomic E-state index is -0.324. The Hall–Kier alpha value is -2.21. The molecule has 29 heavy (non-hydrogen) atoms.